The first-order valence-electron chi connectivity index (χ1n) is 2.82. The Morgan fingerprint density at radius 2 is 2.00 bits per heavy atom. The van der Waals surface area contributed by atoms with Gasteiger partial charge in [-0.3, -0.25) is 0 Å². The van der Waals surface area contributed by atoms with E-state index in [2.05, 4.69) is 9.47 Å². The number of alkyl halides is 1. The summed E-state index contributed by atoms with van der Waals surface area (Å²) in [5.74, 6) is 0. The average molecular weight is 262 g/mol. The second-order valence-corrected chi connectivity index (χ2v) is 2.54. The molecule has 0 amide bonds. The molecular formula is C5H11IO4. The Kier molecular flexibility index (Phi) is 6.65. The largest absolute Gasteiger partial charge is 0.368 e. The van der Waals surface area contributed by atoms with Gasteiger partial charge in [-0.15, -0.1) is 0 Å². The maximum Gasteiger partial charge on any atom is 0.166 e. The van der Waals surface area contributed by atoms with Gasteiger partial charge in [-0.25, -0.2) is 0 Å². The van der Waals surface area contributed by atoms with Gasteiger partial charge in [0.25, 0.3) is 0 Å². The SMILES string of the molecule is CC(O)OCOC(O)CI. The molecule has 0 saturated heterocycles. The fourth-order valence-electron chi connectivity index (χ4n) is 0.261. The summed E-state index contributed by atoms with van der Waals surface area (Å²) in [6, 6.07) is 0. The van der Waals surface area contributed by atoms with Crippen molar-refractivity contribution in [3.8, 4) is 0 Å². The van der Waals surface area contributed by atoms with Gasteiger partial charge in [0, 0.05) is 0 Å². The van der Waals surface area contributed by atoms with Gasteiger partial charge in [0.1, 0.15) is 0 Å². The third kappa shape index (κ3) is 6.69. The molecule has 0 fully saturated rings. The Morgan fingerprint density at radius 1 is 1.40 bits per heavy atom. The van der Waals surface area contributed by atoms with E-state index in [9.17, 15) is 0 Å². The molecule has 0 bridgehead atoms. The highest BCUT2D eigenvalue weighted by atomic mass is 127. The van der Waals surface area contributed by atoms with Crippen molar-refractivity contribution in [2.45, 2.75) is 19.5 Å². The molecule has 62 valence electrons. The number of aliphatic hydroxyl groups is 2. The molecule has 2 atom stereocenters. The Hall–Kier alpha value is 0.570. The van der Waals surface area contributed by atoms with Gasteiger partial charge in [0.05, 0.1) is 4.43 Å². The topological polar surface area (TPSA) is 58.9 Å². The number of hydrogen-bond acceptors (Lipinski definition) is 4. The van der Waals surface area contributed by atoms with Gasteiger partial charge in [0.2, 0.25) is 0 Å². The van der Waals surface area contributed by atoms with Crippen molar-refractivity contribution in [3.05, 3.63) is 0 Å². The van der Waals surface area contributed by atoms with E-state index in [1.807, 2.05) is 22.6 Å². The zero-order chi connectivity index (χ0) is 7.98. The predicted molar refractivity (Wildman–Crippen MR) is 43.6 cm³/mol. The highest BCUT2D eigenvalue weighted by Gasteiger charge is 2.01. The first-order chi connectivity index (χ1) is 4.66. The first-order valence-corrected chi connectivity index (χ1v) is 4.34. The third-order valence-electron chi connectivity index (χ3n) is 0.702. The number of halogens is 1. The van der Waals surface area contributed by atoms with Crippen LogP contribution in [0, 0.1) is 0 Å². The highest BCUT2D eigenvalue weighted by molar-refractivity contribution is 14.1. The minimum Gasteiger partial charge on any atom is -0.368 e. The zero-order valence-electron chi connectivity index (χ0n) is 5.66. The molecule has 0 aromatic rings. The van der Waals surface area contributed by atoms with Gasteiger partial charge in [-0.1, -0.05) is 22.6 Å². The maximum absolute atomic E-state index is 8.78. The molecule has 10 heavy (non-hydrogen) atoms. The minimum absolute atomic E-state index is 0.0815. The third-order valence-corrected chi connectivity index (χ3v) is 1.46. The fraction of sp³-hybridized carbons (Fsp3) is 1.00. The first kappa shape index (κ1) is 10.6. The van der Waals surface area contributed by atoms with E-state index in [0.717, 1.165) is 0 Å². The van der Waals surface area contributed by atoms with Crippen molar-refractivity contribution in [1.82, 2.24) is 0 Å². The smallest absolute Gasteiger partial charge is 0.166 e. The lowest BCUT2D eigenvalue weighted by Gasteiger charge is -2.10. The van der Waals surface area contributed by atoms with E-state index in [1.54, 1.807) is 0 Å². The molecule has 0 heterocycles. The summed E-state index contributed by atoms with van der Waals surface area (Å²) < 4.78 is 9.74. The molecule has 0 spiro atoms. The second kappa shape index (κ2) is 6.29. The second-order valence-electron chi connectivity index (χ2n) is 1.66. The van der Waals surface area contributed by atoms with Crippen molar-refractivity contribution >= 4 is 22.6 Å². The molecule has 5 heteroatoms. The van der Waals surface area contributed by atoms with Gasteiger partial charge in [-0.2, -0.15) is 0 Å². The monoisotopic (exact) mass is 262 g/mol. The van der Waals surface area contributed by atoms with Crippen LogP contribution < -0.4 is 0 Å². The fourth-order valence-corrected chi connectivity index (χ4v) is 0.515. The lowest BCUT2D eigenvalue weighted by Crippen LogP contribution is -2.18. The number of aliphatic hydroxyl groups excluding tert-OH is 2. The maximum atomic E-state index is 8.78. The highest BCUT2D eigenvalue weighted by Crippen LogP contribution is 1.94. The Bertz CT molecular complexity index is 78.0. The normalized spacial score (nSPS) is 16.8. The van der Waals surface area contributed by atoms with Crippen LogP contribution in [0.2, 0.25) is 0 Å². The minimum atomic E-state index is -0.846. The molecular weight excluding hydrogens is 251 g/mol. The standard InChI is InChI=1S/C5H11IO4/c1-4(7)9-3-10-5(8)2-6/h4-5,7-8H,2-3H2,1H3. The Labute approximate surface area is 73.3 Å². The molecule has 0 aliphatic rings. The van der Waals surface area contributed by atoms with Crippen LogP contribution in [0.25, 0.3) is 0 Å². The summed E-state index contributed by atoms with van der Waals surface area (Å²) in [6.07, 6.45) is -1.65. The van der Waals surface area contributed by atoms with E-state index in [-0.39, 0.29) is 6.79 Å². The lowest BCUT2D eigenvalue weighted by atomic mass is 10.8. The Balaban J connectivity index is 3.03. The van der Waals surface area contributed by atoms with Crippen LogP contribution in [-0.4, -0.2) is 34.0 Å². The molecule has 0 radical (unpaired) electrons. The van der Waals surface area contributed by atoms with Gasteiger partial charge in [0.15, 0.2) is 19.4 Å². The molecule has 0 aliphatic carbocycles. The molecule has 0 aromatic heterocycles. The van der Waals surface area contributed by atoms with E-state index < -0.39 is 12.6 Å². The molecule has 0 aliphatic heterocycles. The van der Waals surface area contributed by atoms with Crippen molar-refractivity contribution in [2.75, 3.05) is 11.2 Å². The lowest BCUT2D eigenvalue weighted by molar-refractivity contribution is -0.208. The van der Waals surface area contributed by atoms with E-state index in [1.165, 1.54) is 6.92 Å². The van der Waals surface area contributed by atoms with Crippen molar-refractivity contribution < 1.29 is 19.7 Å². The van der Waals surface area contributed by atoms with Crippen molar-refractivity contribution in [2.24, 2.45) is 0 Å². The summed E-state index contributed by atoms with van der Waals surface area (Å²) in [4.78, 5) is 0. The Morgan fingerprint density at radius 3 is 2.40 bits per heavy atom. The van der Waals surface area contributed by atoms with Crippen LogP contribution >= 0.6 is 22.6 Å². The number of ether oxygens (including phenoxy) is 2. The van der Waals surface area contributed by atoms with Gasteiger partial charge in [-0.05, 0) is 6.92 Å². The van der Waals surface area contributed by atoms with Crippen LogP contribution in [0.3, 0.4) is 0 Å². The number of rotatable bonds is 5. The summed E-state index contributed by atoms with van der Waals surface area (Å²) in [5, 5.41) is 17.3. The van der Waals surface area contributed by atoms with Crippen LogP contribution in [0.5, 0.6) is 0 Å². The van der Waals surface area contributed by atoms with Crippen molar-refractivity contribution in [1.29, 1.82) is 0 Å². The van der Waals surface area contributed by atoms with Crippen LogP contribution in [-0.2, 0) is 9.47 Å². The molecule has 2 unspecified atom stereocenters. The zero-order valence-corrected chi connectivity index (χ0v) is 7.82. The summed E-state index contributed by atoms with van der Waals surface area (Å²) in [6.45, 7) is 1.39. The molecule has 2 N–H and O–H groups in total. The van der Waals surface area contributed by atoms with Crippen molar-refractivity contribution in [3.63, 3.8) is 0 Å². The molecule has 0 saturated carbocycles. The van der Waals surface area contributed by atoms with Crippen LogP contribution in [0.15, 0.2) is 0 Å². The van der Waals surface area contributed by atoms with E-state index in [0.29, 0.717) is 4.43 Å². The summed E-state index contributed by atoms with van der Waals surface area (Å²) in [5.41, 5.74) is 0. The molecule has 4 nitrogen and oxygen atoms in total. The van der Waals surface area contributed by atoms with E-state index in [4.69, 9.17) is 10.2 Å². The average Bonchev–Trinajstić information content (AvgIpc) is 1.87. The summed E-state index contributed by atoms with van der Waals surface area (Å²) in [7, 11) is 0. The van der Waals surface area contributed by atoms with Gasteiger partial charge >= 0.3 is 0 Å². The molecule has 0 aromatic carbocycles. The predicted octanol–water partition coefficient (Wildman–Crippen LogP) is 0.0688. The number of hydrogen-bond donors (Lipinski definition) is 2. The summed E-state index contributed by atoms with van der Waals surface area (Å²) >= 11 is 1.98. The van der Waals surface area contributed by atoms with E-state index >= 15 is 0 Å². The van der Waals surface area contributed by atoms with Crippen LogP contribution in [0.1, 0.15) is 6.92 Å². The molecule has 0 rings (SSSR count). The van der Waals surface area contributed by atoms with Crippen LogP contribution in [0.4, 0.5) is 0 Å². The van der Waals surface area contributed by atoms with Gasteiger partial charge < -0.3 is 19.7 Å². The quantitative estimate of drug-likeness (QED) is 0.418.